The molecule has 2 aromatic carbocycles. The first-order chi connectivity index (χ1) is 15.9. The quantitative estimate of drug-likeness (QED) is 0.320. The summed E-state index contributed by atoms with van der Waals surface area (Å²) < 4.78 is 10.5. The van der Waals surface area contributed by atoms with E-state index < -0.39 is 17.7 Å². The highest BCUT2D eigenvalue weighted by atomic mass is 35.5. The van der Waals surface area contributed by atoms with Crippen LogP contribution in [0.1, 0.15) is 19.5 Å². The average Bonchev–Trinajstić information content (AvgIpc) is 3.19. The Hall–Kier alpha value is -3.81. The summed E-state index contributed by atoms with van der Waals surface area (Å²) in [5.74, 6) is -0.292. The molecule has 0 saturated heterocycles. The number of nitrogens with one attached hydrogen (secondary N) is 3. The number of alkyl carbamates (subject to hydrolysis) is 1. The van der Waals surface area contributed by atoms with E-state index in [1.54, 1.807) is 19.1 Å². The summed E-state index contributed by atoms with van der Waals surface area (Å²) >= 11 is 12.7. The molecular formula is C21H18Cl2N6O4. The van der Waals surface area contributed by atoms with Gasteiger partial charge in [-0.3, -0.25) is 20.6 Å². The molecule has 3 rings (SSSR count). The van der Waals surface area contributed by atoms with Gasteiger partial charge in [0.15, 0.2) is 5.75 Å². The van der Waals surface area contributed by atoms with Crippen molar-refractivity contribution in [3.05, 3.63) is 46.1 Å². The smallest absolute Gasteiger partial charge is 0.414 e. The van der Waals surface area contributed by atoms with Gasteiger partial charge in [-0.25, -0.2) is 4.79 Å². The van der Waals surface area contributed by atoms with Gasteiger partial charge in [0.25, 0.3) is 5.91 Å². The molecular weight excluding hydrogens is 471 g/mol. The standard InChI is InChI=1S/C21H18Cl2N6O4/c1-3-16-13-9-12(5-6-17(13)28-27-16)33-19-14(22)7-11(8-15(19)23)26-29-18(10-24)20(30)25-21(31)32-4-2/h5-9,26H,3-4H2,1-2H3,(H,27,28)(H,25,30,31). The largest absolute Gasteiger partial charge is 0.454 e. The van der Waals surface area contributed by atoms with Crippen LogP contribution in [0, 0.1) is 11.3 Å². The molecule has 0 spiro atoms. The van der Waals surface area contributed by atoms with Crippen molar-refractivity contribution in [2.24, 2.45) is 5.10 Å². The van der Waals surface area contributed by atoms with E-state index in [-0.39, 0.29) is 28.1 Å². The first-order valence-corrected chi connectivity index (χ1v) is 10.5. The van der Waals surface area contributed by atoms with Crippen LogP contribution in [-0.4, -0.2) is 34.5 Å². The number of carbonyl (C=O) groups excluding carboxylic acids is 2. The second-order valence-electron chi connectivity index (χ2n) is 6.46. The number of hydrogen-bond acceptors (Lipinski definition) is 8. The van der Waals surface area contributed by atoms with Crippen LogP contribution in [0.3, 0.4) is 0 Å². The van der Waals surface area contributed by atoms with Crippen LogP contribution in [0.25, 0.3) is 10.9 Å². The van der Waals surface area contributed by atoms with Gasteiger partial charge in [-0.1, -0.05) is 30.1 Å². The lowest BCUT2D eigenvalue weighted by Crippen LogP contribution is -2.36. The number of nitrogens with zero attached hydrogens (tertiary/aromatic N) is 3. The molecule has 0 bridgehead atoms. The summed E-state index contributed by atoms with van der Waals surface area (Å²) in [6, 6.07) is 9.93. The number of imide groups is 1. The third-order valence-corrected chi connectivity index (χ3v) is 4.84. The lowest BCUT2D eigenvalue weighted by atomic mass is 10.2. The maximum atomic E-state index is 11.9. The van der Waals surface area contributed by atoms with Gasteiger partial charge in [0, 0.05) is 5.39 Å². The highest BCUT2D eigenvalue weighted by Crippen LogP contribution is 2.39. The Bertz CT molecular complexity index is 1260. The SMILES string of the molecule is CCOC(=O)NC(=O)C(C#N)=NNc1cc(Cl)c(Oc2ccc3[nH]nc(CC)c3c2)c(Cl)c1. The van der Waals surface area contributed by atoms with Crippen LogP contribution in [0.2, 0.25) is 10.0 Å². The summed E-state index contributed by atoms with van der Waals surface area (Å²) in [5.41, 5.74) is 3.98. The molecule has 2 amide bonds. The molecule has 12 heteroatoms. The van der Waals surface area contributed by atoms with E-state index in [4.69, 9.17) is 33.2 Å². The number of aromatic amines is 1. The summed E-state index contributed by atoms with van der Waals surface area (Å²) in [6.07, 6.45) is -0.230. The average molecular weight is 489 g/mol. The van der Waals surface area contributed by atoms with Crippen LogP contribution < -0.4 is 15.5 Å². The molecule has 0 atom stereocenters. The van der Waals surface area contributed by atoms with Crippen LogP contribution in [0.5, 0.6) is 11.5 Å². The Morgan fingerprint density at radius 2 is 1.94 bits per heavy atom. The number of aromatic nitrogens is 2. The van der Waals surface area contributed by atoms with Gasteiger partial charge in [-0.15, -0.1) is 0 Å². The number of rotatable bonds is 7. The lowest BCUT2D eigenvalue weighted by molar-refractivity contribution is -0.114. The minimum Gasteiger partial charge on any atom is -0.454 e. The first kappa shape index (κ1) is 23.8. The zero-order valence-electron chi connectivity index (χ0n) is 17.5. The number of nitriles is 1. The summed E-state index contributed by atoms with van der Waals surface area (Å²) in [4.78, 5) is 23.2. The first-order valence-electron chi connectivity index (χ1n) is 9.72. The molecule has 3 N–H and O–H groups in total. The van der Waals surface area contributed by atoms with E-state index in [1.165, 1.54) is 12.1 Å². The highest BCUT2D eigenvalue weighted by molar-refractivity contribution is 6.47. The van der Waals surface area contributed by atoms with Crippen LogP contribution >= 0.6 is 23.2 Å². The van der Waals surface area contributed by atoms with Gasteiger partial charge in [-0.2, -0.15) is 15.5 Å². The summed E-state index contributed by atoms with van der Waals surface area (Å²) in [6.45, 7) is 3.64. The number of hydrazone groups is 1. The lowest BCUT2D eigenvalue weighted by Gasteiger charge is -2.12. The fraction of sp³-hybridized carbons (Fsp3) is 0.190. The maximum Gasteiger partial charge on any atom is 0.414 e. The number of H-pyrrole nitrogens is 1. The fourth-order valence-electron chi connectivity index (χ4n) is 2.79. The van der Waals surface area contributed by atoms with Crippen LogP contribution in [0.4, 0.5) is 10.5 Å². The number of ether oxygens (including phenoxy) is 2. The number of fused-ring (bicyclic) bond motifs is 1. The fourth-order valence-corrected chi connectivity index (χ4v) is 3.35. The number of halogens is 2. The highest BCUT2D eigenvalue weighted by Gasteiger charge is 2.16. The van der Waals surface area contributed by atoms with E-state index in [2.05, 4.69) is 25.5 Å². The van der Waals surface area contributed by atoms with Crippen molar-refractivity contribution < 1.29 is 19.1 Å². The Kier molecular flexibility index (Phi) is 7.71. The van der Waals surface area contributed by atoms with Gasteiger partial charge in [-0.05, 0) is 43.7 Å². The number of anilines is 1. The van der Waals surface area contributed by atoms with Gasteiger partial charge < -0.3 is 9.47 Å². The third-order valence-electron chi connectivity index (χ3n) is 4.28. The molecule has 170 valence electrons. The minimum atomic E-state index is -1.03. The topological polar surface area (TPSA) is 141 Å². The maximum absolute atomic E-state index is 11.9. The minimum absolute atomic E-state index is 0.0670. The molecule has 3 aromatic rings. The van der Waals surface area contributed by atoms with Crippen LogP contribution in [0.15, 0.2) is 35.4 Å². The molecule has 0 fully saturated rings. The van der Waals surface area contributed by atoms with Gasteiger partial charge in [0.05, 0.1) is 33.6 Å². The van der Waals surface area contributed by atoms with Crippen LogP contribution in [-0.2, 0) is 16.0 Å². The molecule has 0 saturated carbocycles. The predicted octanol–water partition coefficient (Wildman–Crippen LogP) is 4.79. The summed E-state index contributed by atoms with van der Waals surface area (Å²) in [7, 11) is 0. The normalized spacial score (nSPS) is 11.1. The second kappa shape index (κ2) is 10.7. The summed E-state index contributed by atoms with van der Waals surface area (Å²) in [5, 5.41) is 23.2. The predicted molar refractivity (Wildman–Crippen MR) is 124 cm³/mol. The molecule has 0 unspecified atom stereocenters. The molecule has 1 aromatic heterocycles. The third kappa shape index (κ3) is 5.71. The Morgan fingerprint density at radius 3 is 2.58 bits per heavy atom. The van der Waals surface area contributed by atoms with Crippen molar-refractivity contribution in [2.75, 3.05) is 12.0 Å². The molecule has 0 aliphatic heterocycles. The van der Waals surface area contributed by atoms with E-state index in [0.29, 0.717) is 5.75 Å². The van der Waals surface area contributed by atoms with Gasteiger partial charge in [0.1, 0.15) is 11.8 Å². The second-order valence-corrected chi connectivity index (χ2v) is 7.28. The monoisotopic (exact) mass is 488 g/mol. The Morgan fingerprint density at radius 1 is 1.21 bits per heavy atom. The number of carbonyl (C=O) groups is 2. The zero-order valence-corrected chi connectivity index (χ0v) is 19.0. The van der Waals surface area contributed by atoms with E-state index in [9.17, 15) is 9.59 Å². The van der Waals surface area contributed by atoms with Crippen molar-refractivity contribution in [3.8, 4) is 17.6 Å². The van der Waals surface area contributed by atoms with Crippen molar-refractivity contribution in [3.63, 3.8) is 0 Å². The molecule has 33 heavy (non-hydrogen) atoms. The van der Waals surface area contributed by atoms with Crippen molar-refractivity contribution in [1.82, 2.24) is 15.5 Å². The number of amides is 2. The van der Waals surface area contributed by atoms with Crippen molar-refractivity contribution >= 4 is 57.5 Å². The molecule has 1 heterocycles. The van der Waals surface area contributed by atoms with Crippen molar-refractivity contribution in [2.45, 2.75) is 20.3 Å². The van der Waals surface area contributed by atoms with Crippen molar-refractivity contribution in [1.29, 1.82) is 5.26 Å². The number of aryl methyl sites for hydroxylation is 1. The van der Waals surface area contributed by atoms with E-state index >= 15 is 0 Å². The Balaban J connectivity index is 1.77. The zero-order chi connectivity index (χ0) is 24.0. The number of hydrogen-bond donors (Lipinski definition) is 3. The molecule has 10 nitrogen and oxygen atoms in total. The molecule has 0 aliphatic rings. The van der Waals surface area contributed by atoms with Gasteiger partial charge in [0.2, 0.25) is 5.71 Å². The molecule has 0 radical (unpaired) electrons. The molecule has 0 aliphatic carbocycles. The van der Waals surface area contributed by atoms with Gasteiger partial charge >= 0.3 is 6.09 Å². The van der Waals surface area contributed by atoms with E-state index in [0.717, 1.165) is 23.0 Å². The number of benzene rings is 2. The van der Waals surface area contributed by atoms with E-state index in [1.807, 2.05) is 24.4 Å². The Labute approximate surface area is 198 Å².